The Morgan fingerprint density at radius 1 is 1.29 bits per heavy atom. The lowest BCUT2D eigenvalue weighted by molar-refractivity contribution is -0.384. The zero-order valence-electron chi connectivity index (χ0n) is 9.80. The molecule has 1 N–H and O–H groups in total. The smallest absolute Gasteiger partial charge is 0.271 e. The number of sulfonamides is 1. The van der Waals surface area contributed by atoms with Crippen molar-refractivity contribution in [2.45, 2.75) is 25.5 Å². The van der Waals surface area contributed by atoms with Gasteiger partial charge in [-0.2, -0.15) is 0 Å². The van der Waals surface area contributed by atoms with E-state index >= 15 is 0 Å². The van der Waals surface area contributed by atoms with Crippen molar-refractivity contribution in [1.29, 1.82) is 0 Å². The summed E-state index contributed by atoms with van der Waals surface area (Å²) in [7, 11) is -3.57. The molecule has 6 nitrogen and oxygen atoms in total. The van der Waals surface area contributed by atoms with Crippen molar-refractivity contribution >= 4 is 21.4 Å². The molecular formula is C10H14N2O4S. The standard InChI is InChI=1S/C10H14N2O4S/c1-10(2,3)17(15,16)11-8-5-4-6-9(7-8)12(13)14/h4-7,11H,1-3H3. The van der Waals surface area contributed by atoms with Crippen LogP contribution in [0.5, 0.6) is 0 Å². The molecule has 0 amide bonds. The Morgan fingerprint density at radius 3 is 2.35 bits per heavy atom. The highest BCUT2D eigenvalue weighted by atomic mass is 32.2. The maximum absolute atomic E-state index is 11.8. The minimum Gasteiger partial charge on any atom is -0.283 e. The van der Waals surface area contributed by atoms with E-state index < -0.39 is 19.7 Å². The first-order chi connectivity index (χ1) is 7.63. The first-order valence-electron chi connectivity index (χ1n) is 4.90. The average molecular weight is 258 g/mol. The molecule has 0 aliphatic carbocycles. The molecule has 0 bridgehead atoms. The highest BCUT2D eigenvalue weighted by Gasteiger charge is 2.29. The van der Waals surface area contributed by atoms with E-state index in [1.54, 1.807) is 20.8 Å². The number of benzene rings is 1. The van der Waals surface area contributed by atoms with E-state index in [0.29, 0.717) is 0 Å². The van der Waals surface area contributed by atoms with Crippen molar-refractivity contribution in [1.82, 2.24) is 0 Å². The van der Waals surface area contributed by atoms with E-state index in [0.717, 1.165) is 0 Å². The Hall–Kier alpha value is -1.63. The fraction of sp³-hybridized carbons (Fsp3) is 0.400. The van der Waals surface area contributed by atoms with Crippen molar-refractivity contribution in [3.8, 4) is 0 Å². The van der Waals surface area contributed by atoms with Crippen LogP contribution in [0.1, 0.15) is 20.8 Å². The van der Waals surface area contributed by atoms with E-state index in [1.165, 1.54) is 24.3 Å². The van der Waals surface area contributed by atoms with Crippen LogP contribution in [0.4, 0.5) is 11.4 Å². The molecule has 0 saturated heterocycles. The van der Waals surface area contributed by atoms with E-state index in [-0.39, 0.29) is 11.4 Å². The second kappa shape index (κ2) is 4.33. The van der Waals surface area contributed by atoms with E-state index in [1.807, 2.05) is 0 Å². The summed E-state index contributed by atoms with van der Waals surface area (Å²) in [5, 5.41) is 10.5. The van der Waals surface area contributed by atoms with Crippen molar-refractivity contribution in [3.05, 3.63) is 34.4 Å². The lowest BCUT2D eigenvalue weighted by Crippen LogP contribution is -2.33. The summed E-state index contributed by atoms with van der Waals surface area (Å²) >= 11 is 0. The first kappa shape index (κ1) is 13.4. The van der Waals surface area contributed by atoms with Gasteiger partial charge in [0, 0.05) is 12.1 Å². The van der Waals surface area contributed by atoms with Gasteiger partial charge in [0.25, 0.3) is 5.69 Å². The zero-order chi connectivity index (χ0) is 13.3. The van der Waals surface area contributed by atoms with Crippen molar-refractivity contribution in [3.63, 3.8) is 0 Å². The number of anilines is 1. The van der Waals surface area contributed by atoms with Crippen LogP contribution >= 0.6 is 0 Å². The maximum Gasteiger partial charge on any atom is 0.271 e. The molecule has 1 aromatic carbocycles. The normalized spacial score (nSPS) is 12.2. The largest absolute Gasteiger partial charge is 0.283 e. The third-order valence-electron chi connectivity index (χ3n) is 2.12. The minimum atomic E-state index is -3.57. The fourth-order valence-corrected chi connectivity index (χ4v) is 1.73. The van der Waals surface area contributed by atoms with E-state index in [9.17, 15) is 18.5 Å². The van der Waals surface area contributed by atoms with Gasteiger partial charge in [-0.1, -0.05) is 6.07 Å². The van der Waals surface area contributed by atoms with Gasteiger partial charge in [0.15, 0.2) is 0 Å². The summed E-state index contributed by atoms with van der Waals surface area (Å²) in [6.45, 7) is 4.64. The maximum atomic E-state index is 11.8. The van der Waals surface area contributed by atoms with Crippen LogP contribution < -0.4 is 4.72 Å². The number of nitro benzene ring substituents is 1. The Bertz CT molecular complexity index is 531. The molecule has 0 spiro atoms. The molecule has 0 heterocycles. The number of nitrogens with zero attached hydrogens (tertiary/aromatic N) is 1. The molecular weight excluding hydrogens is 244 g/mol. The van der Waals surface area contributed by atoms with Gasteiger partial charge in [-0.15, -0.1) is 0 Å². The molecule has 1 aromatic rings. The van der Waals surface area contributed by atoms with E-state index in [2.05, 4.69) is 4.72 Å². The molecule has 0 radical (unpaired) electrons. The van der Waals surface area contributed by atoms with Gasteiger partial charge < -0.3 is 0 Å². The van der Waals surface area contributed by atoms with Crippen molar-refractivity contribution in [2.75, 3.05) is 4.72 Å². The topological polar surface area (TPSA) is 89.3 Å². The van der Waals surface area contributed by atoms with Crippen LogP contribution in [-0.2, 0) is 10.0 Å². The van der Waals surface area contributed by atoms with Crippen LogP contribution in [0.3, 0.4) is 0 Å². The molecule has 7 heteroatoms. The Morgan fingerprint density at radius 2 is 1.88 bits per heavy atom. The van der Waals surface area contributed by atoms with Gasteiger partial charge in [-0.3, -0.25) is 14.8 Å². The Kier molecular flexibility index (Phi) is 3.42. The highest BCUT2D eigenvalue weighted by Crippen LogP contribution is 2.22. The first-order valence-corrected chi connectivity index (χ1v) is 6.38. The molecule has 0 aromatic heterocycles. The van der Waals surface area contributed by atoms with Crippen LogP contribution in [-0.4, -0.2) is 18.1 Å². The number of nitro groups is 1. The number of rotatable bonds is 3. The summed E-state index contributed by atoms with van der Waals surface area (Å²) in [5.41, 5.74) is 0.0354. The lowest BCUT2D eigenvalue weighted by Gasteiger charge is -2.20. The van der Waals surface area contributed by atoms with Gasteiger partial charge in [0.1, 0.15) is 0 Å². The van der Waals surface area contributed by atoms with Crippen molar-refractivity contribution in [2.24, 2.45) is 0 Å². The lowest BCUT2D eigenvalue weighted by atomic mass is 10.3. The van der Waals surface area contributed by atoms with Gasteiger partial charge in [-0.05, 0) is 26.8 Å². The molecule has 0 saturated carbocycles. The molecule has 0 aliphatic rings. The van der Waals surface area contributed by atoms with Gasteiger partial charge in [-0.25, -0.2) is 8.42 Å². The highest BCUT2D eigenvalue weighted by molar-refractivity contribution is 7.94. The number of nitrogens with one attached hydrogen (secondary N) is 1. The van der Waals surface area contributed by atoms with Gasteiger partial charge >= 0.3 is 0 Å². The molecule has 0 fully saturated rings. The number of non-ortho nitro benzene ring substituents is 1. The third kappa shape index (κ3) is 3.16. The van der Waals surface area contributed by atoms with Gasteiger partial charge in [0.05, 0.1) is 15.4 Å². The Labute approximate surface area is 99.9 Å². The molecule has 0 unspecified atom stereocenters. The third-order valence-corrected chi connectivity index (χ3v) is 4.23. The van der Waals surface area contributed by atoms with Crippen molar-refractivity contribution < 1.29 is 13.3 Å². The van der Waals surface area contributed by atoms with Crippen LogP contribution in [0, 0.1) is 10.1 Å². The quantitative estimate of drug-likeness (QED) is 0.664. The second-order valence-electron chi connectivity index (χ2n) is 4.53. The zero-order valence-corrected chi connectivity index (χ0v) is 10.6. The number of hydrogen-bond donors (Lipinski definition) is 1. The SMILES string of the molecule is CC(C)(C)S(=O)(=O)Nc1cccc([N+](=O)[O-])c1. The molecule has 1 rings (SSSR count). The van der Waals surface area contributed by atoms with Crippen LogP contribution in [0.25, 0.3) is 0 Å². The number of hydrogen-bond acceptors (Lipinski definition) is 4. The molecule has 0 atom stereocenters. The summed E-state index contributed by atoms with van der Waals surface area (Å²) in [4.78, 5) is 9.97. The van der Waals surface area contributed by atoms with E-state index in [4.69, 9.17) is 0 Å². The van der Waals surface area contributed by atoms with Crippen LogP contribution in [0.15, 0.2) is 24.3 Å². The molecule has 0 aliphatic heterocycles. The average Bonchev–Trinajstić information content (AvgIpc) is 2.15. The summed E-state index contributed by atoms with van der Waals surface area (Å²) in [5.74, 6) is 0. The monoisotopic (exact) mass is 258 g/mol. The fourth-order valence-electron chi connectivity index (χ4n) is 0.991. The summed E-state index contributed by atoms with van der Waals surface area (Å²) in [6.07, 6.45) is 0. The predicted molar refractivity (Wildman–Crippen MR) is 65.4 cm³/mol. The van der Waals surface area contributed by atoms with Crippen LogP contribution in [0.2, 0.25) is 0 Å². The summed E-state index contributed by atoms with van der Waals surface area (Å²) < 4.78 is 25.0. The summed E-state index contributed by atoms with van der Waals surface area (Å²) in [6, 6.07) is 5.38. The second-order valence-corrected chi connectivity index (χ2v) is 6.96. The Balaban J connectivity index is 3.05. The minimum absolute atomic E-state index is 0.154. The predicted octanol–water partition coefficient (Wildman–Crippen LogP) is 2.13. The van der Waals surface area contributed by atoms with Gasteiger partial charge in [0.2, 0.25) is 10.0 Å². The molecule has 94 valence electrons. The molecule has 17 heavy (non-hydrogen) atoms.